The molecule has 0 aromatic carbocycles. The Balaban J connectivity index is 1.62. The molecule has 0 saturated carbocycles. The number of piperidine rings is 1. The number of hydrogen-bond donors (Lipinski definition) is 0. The van der Waals surface area contributed by atoms with E-state index in [2.05, 4.69) is 9.72 Å². The van der Waals surface area contributed by atoms with Crippen LogP contribution in [-0.4, -0.2) is 58.4 Å². The highest BCUT2D eigenvalue weighted by atomic mass is 19.4. The van der Waals surface area contributed by atoms with Gasteiger partial charge in [-0.2, -0.15) is 13.2 Å². The van der Waals surface area contributed by atoms with E-state index in [1.165, 1.54) is 4.90 Å². The fourth-order valence-electron chi connectivity index (χ4n) is 2.91. The summed E-state index contributed by atoms with van der Waals surface area (Å²) >= 11 is 0. The first-order valence-electron chi connectivity index (χ1n) is 7.58. The zero-order valence-corrected chi connectivity index (χ0v) is 13.0. The highest BCUT2D eigenvalue weighted by molar-refractivity contribution is 5.98. The van der Waals surface area contributed by atoms with E-state index in [1.807, 2.05) is 0 Å². The Bertz CT molecular complexity index is 681. The number of pyridine rings is 1. The molecular formula is C15H14F3N3O4. The summed E-state index contributed by atoms with van der Waals surface area (Å²) < 4.78 is 42.2. The summed E-state index contributed by atoms with van der Waals surface area (Å²) in [5.74, 6) is -0.836. The summed E-state index contributed by atoms with van der Waals surface area (Å²) in [6, 6.07) is 1.52. The van der Waals surface area contributed by atoms with Crippen molar-refractivity contribution in [2.24, 2.45) is 0 Å². The molecule has 10 heteroatoms. The van der Waals surface area contributed by atoms with E-state index in [0.29, 0.717) is 12.8 Å². The summed E-state index contributed by atoms with van der Waals surface area (Å²) in [4.78, 5) is 41.3. The number of hydrogen-bond acceptors (Lipinski definition) is 5. The van der Waals surface area contributed by atoms with Crippen molar-refractivity contribution in [1.29, 1.82) is 0 Å². The number of cyclic esters (lactones) is 1. The maximum absolute atomic E-state index is 12.5. The third-order valence-corrected chi connectivity index (χ3v) is 4.20. The molecule has 2 aliphatic rings. The third-order valence-electron chi connectivity index (χ3n) is 4.20. The average Bonchev–Trinajstić information content (AvgIpc) is 2.92. The molecule has 1 aromatic heterocycles. The van der Waals surface area contributed by atoms with E-state index in [4.69, 9.17) is 0 Å². The van der Waals surface area contributed by atoms with Gasteiger partial charge in [0.1, 0.15) is 5.69 Å². The van der Waals surface area contributed by atoms with E-state index in [9.17, 15) is 27.6 Å². The van der Waals surface area contributed by atoms with Crippen LogP contribution in [0.4, 0.5) is 18.0 Å². The van der Waals surface area contributed by atoms with Gasteiger partial charge in [-0.1, -0.05) is 0 Å². The zero-order chi connectivity index (χ0) is 18.2. The Morgan fingerprint density at radius 2 is 1.88 bits per heavy atom. The van der Waals surface area contributed by atoms with Crippen LogP contribution >= 0.6 is 0 Å². The van der Waals surface area contributed by atoms with Gasteiger partial charge in [0.25, 0.3) is 11.8 Å². The number of carbonyl (C=O) groups excluding carboxylic acids is 3. The lowest BCUT2D eigenvalue weighted by Gasteiger charge is -2.34. The van der Waals surface area contributed by atoms with Crippen LogP contribution in [0.1, 0.15) is 28.9 Å². The van der Waals surface area contributed by atoms with Crippen molar-refractivity contribution in [3.8, 4) is 0 Å². The lowest BCUT2D eigenvalue weighted by atomic mass is 10.0. The van der Waals surface area contributed by atoms with Gasteiger partial charge >= 0.3 is 12.3 Å². The summed E-state index contributed by atoms with van der Waals surface area (Å²) in [6.07, 6.45) is -3.56. The first-order chi connectivity index (χ1) is 11.8. The molecule has 2 saturated heterocycles. The maximum Gasteiger partial charge on any atom is 0.433 e. The first-order valence-corrected chi connectivity index (χ1v) is 7.58. The van der Waals surface area contributed by atoms with Gasteiger partial charge in [-0.15, -0.1) is 0 Å². The standard InChI is InChI=1S/C15H14F3N3O4/c16-15(17,18)11-2-1-9(7-19-11)13(23)20-5-3-10(4-6-20)21-12(22)8-25-14(21)24/h1-2,7,10H,3-6,8H2. The topological polar surface area (TPSA) is 79.8 Å². The number of rotatable bonds is 2. The fourth-order valence-corrected chi connectivity index (χ4v) is 2.91. The molecule has 0 spiro atoms. The first kappa shape index (κ1) is 17.2. The summed E-state index contributed by atoms with van der Waals surface area (Å²) in [6.45, 7) is 0.290. The minimum Gasteiger partial charge on any atom is -0.439 e. The molecule has 2 aliphatic heterocycles. The van der Waals surface area contributed by atoms with Crippen molar-refractivity contribution in [1.82, 2.24) is 14.8 Å². The fraction of sp³-hybridized carbons (Fsp3) is 0.467. The van der Waals surface area contributed by atoms with Gasteiger partial charge in [0.05, 0.1) is 5.56 Å². The molecule has 2 fully saturated rings. The number of imide groups is 1. The van der Waals surface area contributed by atoms with Crippen LogP contribution in [0.2, 0.25) is 0 Å². The van der Waals surface area contributed by atoms with Crippen LogP contribution in [-0.2, 0) is 15.7 Å². The lowest BCUT2D eigenvalue weighted by molar-refractivity contribution is -0.141. The second kappa shape index (κ2) is 6.34. The van der Waals surface area contributed by atoms with E-state index >= 15 is 0 Å². The molecule has 0 bridgehead atoms. The van der Waals surface area contributed by atoms with E-state index in [-0.39, 0.29) is 31.3 Å². The molecule has 25 heavy (non-hydrogen) atoms. The minimum absolute atomic E-state index is 0.0584. The molecule has 3 heterocycles. The second-order valence-corrected chi connectivity index (χ2v) is 5.77. The Hall–Kier alpha value is -2.65. The number of amides is 3. The van der Waals surface area contributed by atoms with Gasteiger partial charge in [-0.25, -0.2) is 9.69 Å². The molecule has 0 aliphatic carbocycles. The highest BCUT2D eigenvalue weighted by Gasteiger charge is 2.39. The third kappa shape index (κ3) is 3.42. The smallest absolute Gasteiger partial charge is 0.433 e. The van der Waals surface area contributed by atoms with E-state index in [1.54, 1.807) is 0 Å². The SMILES string of the molecule is O=C(c1ccc(C(F)(F)F)nc1)N1CCC(N2C(=O)COC2=O)CC1. The molecule has 0 unspecified atom stereocenters. The molecule has 1 aromatic rings. The largest absolute Gasteiger partial charge is 0.439 e. The predicted octanol–water partition coefficient (Wildman–Crippen LogP) is 1.68. The minimum atomic E-state index is -4.56. The number of likely N-dealkylation sites (tertiary alicyclic amines) is 1. The van der Waals surface area contributed by atoms with Crippen molar-refractivity contribution in [3.05, 3.63) is 29.6 Å². The summed E-state index contributed by atoms with van der Waals surface area (Å²) in [5.41, 5.74) is -1.00. The van der Waals surface area contributed by atoms with Gasteiger partial charge in [0.2, 0.25) is 0 Å². The van der Waals surface area contributed by atoms with Crippen LogP contribution in [0.5, 0.6) is 0 Å². The van der Waals surface area contributed by atoms with Crippen LogP contribution in [0.3, 0.4) is 0 Å². The highest BCUT2D eigenvalue weighted by Crippen LogP contribution is 2.27. The number of nitrogens with zero attached hydrogens (tertiary/aromatic N) is 3. The van der Waals surface area contributed by atoms with E-state index in [0.717, 1.165) is 23.2 Å². The zero-order valence-electron chi connectivity index (χ0n) is 13.0. The van der Waals surface area contributed by atoms with Crippen molar-refractivity contribution < 1.29 is 32.3 Å². The van der Waals surface area contributed by atoms with Crippen molar-refractivity contribution in [3.63, 3.8) is 0 Å². The van der Waals surface area contributed by atoms with Gasteiger partial charge in [0, 0.05) is 25.3 Å². The van der Waals surface area contributed by atoms with Crippen LogP contribution in [0.15, 0.2) is 18.3 Å². The van der Waals surface area contributed by atoms with Crippen molar-refractivity contribution >= 4 is 17.9 Å². The van der Waals surface area contributed by atoms with Crippen molar-refractivity contribution in [2.45, 2.75) is 25.1 Å². The molecule has 0 N–H and O–H groups in total. The van der Waals surface area contributed by atoms with Crippen LogP contribution < -0.4 is 0 Å². The molecular weight excluding hydrogens is 343 g/mol. The Morgan fingerprint density at radius 3 is 2.36 bits per heavy atom. The Labute approximate surface area is 140 Å². The van der Waals surface area contributed by atoms with Crippen LogP contribution in [0.25, 0.3) is 0 Å². The predicted molar refractivity (Wildman–Crippen MR) is 76.4 cm³/mol. The molecule has 134 valence electrons. The number of halogens is 3. The molecule has 3 rings (SSSR count). The normalized spacial score (nSPS) is 19.3. The number of ether oxygens (including phenoxy) is 1. The average molecular weight is 357 g/mol. The summed E-state index contributed by atoms with van der Waals surface area (Å²) in [7, 11) is 0. The van der Waals surface area contributed by atoms with Crippen LogP contribution in [0, 0.1) is 0 Å². The molecule has 7 nitrogen and oxygen atoms in total. The van der Waals surface area contributed by atoms with Gasteiger partial charge in [0.15, 0.2) is 6.61 Å². The number of alkyl halides is 3. The number of aromatic nitrogens is 1. The second-order valence-electron chi connectivity index (χ2n) is 5.77. The molecule has 0 atom stereocenters. The quantitative estimate of drug-likeness (QED) is 0.805. The Morgan fingerprint density at radius 1 is 1.20 bits per heavy atom. The molecule has 3 amide bonds. The van der Waals surface area contributed by atoms with E-state index < -0.39 is 29.8 Å². The summed E-state index contributed by atoms with van der Waals surface area (Å²) in [5, 5.41) is 0. The maximum atomic E-state index is 12.5. The molecule has 0 radical (unpaired) electrons. The van der Waals surface area contributed by atoms with Gasteiger partial charge in [-0.05, 0) is 25.0 Å². The van der Waals surface area contributed by atoms with Gasteiger partial charge < -0.3 is 9.64 Å². The van der Waals surface area contributed by atoms with Crippen molar-refractivity contribution in [2.75, 3.05) is 19.7 Å². The van der Waals surface area contributed by atoms with Gasteiger partial charge in [-0.3, -0.25) is 14.6 Å². The lowest BCUT2D eigenvalue weighted by Crippen LogP contribution is -2.48. The monoisotopic (exact) mass is 357 g/mol. The Kier molecular flexibility index (Phi) is 4.36. The number of carbonyl (C=O) groups is 3.